The molecule has 2 aromatic carbocycles. The largest absolute Gasteiger partial charge is 0.494 e. The number of aliphatic hydroxyl groups excluding tert-OH is 1. The van der Waals surface area contributed by atoms with Gasteiger partial charge in [-0.15, -0.1) is 0 Å². The van der Waals surface area contributed by atoms with E-state index >= 15 is 0 Å². The third-order valence-electron chi connectivity index (χ3n) is 5.09. The minimum absolute atomic E-state index is 0.0986. The van der Waals surface area contributed by atoms with Crippen molar-refractivity contribution in [1.29, 1.82) is 0 Å². The number of ether oxygens (including phenoxy) is 1. The van der Waals surface area contributed by atoms with Crippen LogP contribution in [0.5, 0.6) is 5.75 Å². The van der Waals surface area contributed by atoms with Gasteiger partial charge < -0.3 is 19.6 Å². The highest BCUT2D eigenvalue weighted by molar-refractivity contribution is 5.78. The van der Waals surface area contributed by atoms with Crippen LogP contribution >= 0.6 is 0 Å². The summed E-state index contributed by atoms with van der Waals surface area (Å²) in [7, 11) is 3.02. The molecule has 166 valence electrons. The molecular weight excluding hydrogens is 413 g/mol. The third kappa shape index (κ3) is 4.68. The number of fused-ring (bicyclic) bond motifs is 1. The third-order valence-corrected chi connectivity index (χ3v) is 5.09. The van der Waals surface area contributed by atoms with E-state index in [2.05, 4.69) is 25.6 Å². The van der Waals surface area contributed by atoms with E-state index in [0.29, 0.717) is 41.4 Å². The highest BCUT2D eigenvalue weighted by atomic mass is 19.1. The SMILES string of the molecule is CNC(O)c1cc(CCc2cnc(Nc3ccc4nc(C)oc4c3)nc2)c(F)c(OC)c1. The van der Waals surface area contributed by atoms with Crippen molar-refractivity contribution < 1.29 is 18.7 Å². The Labute approximate surface area is 184 Å². The van der Waals surface area contributed by atoms with Gasteiger partial charge in [-0.05, 0) is 60.8 Å². The van der Waals surface area contributed by atoms with Crippen LogP contribution in [0.1, 0.15) is 28.8 Å². The zero-order valence-electron chi connectivity index (χ0n) is 18.0. The predicted molar refractivity (Wildman–Crippen MR) is 118 cm³/mol. The van der Waals surface area contributed by atoms with Crippen LogP contribution in [-0.4, -0.2) is 34.2 Å². The number of aryl methyl sites for hydroxylation is 3. The smallest absolute Gasteiger partial charge is 0.227 e. The summed E-state index contributed by atoms with van der Waals surface area (Å²) in [6.07, 6.45) is 3.44. The van der Waals surface area contributed by atoms with Crippen LogP contribution in [0.15, 0.2) is 47.1 Å². The molecule has 2 aromatic heterocycles. The summed E-state index contributed by atoms with van der Waals surface area (Å²) in [5, 5.41) is 15.9. The van der Waals surface area contributed by atoms with Crippen LogP contribution in [0.2, 0.25) is 0 Å². The normalized spacial score (nSPS) is 12.2. The standard InChI is InChI=1S/C23H24FN5O3/c1-13-28-18-7-6-17(10-19(18)32-13)29-23-26-11-14(12-27-23)4-5-15-8-16(22(30)25-2)9-20(31-3)21(15)24/h6-12,22,25,30H,4-5H2,1-3H3,(H,26,27,29). The molecule has 0 saturated heterocycles. The van der Waals surface area contributed by atoms with Gasteiger partial charge in [0.15, 0.2) is 23.0 Å². The van der Waals surface area contributed by atoms with Gasteiger partial charge in [0.05, 0.1) is 7.11 Å². The van der Waals surface area contributed by atoms with Crippen LogP contribution in [-0.2, 0) is 12.8 Å². The Hall–Kier alpha value is -3.56. The van der Waals surface area contributed by atoms with Crippen molar-refractivity contribution in [2.45, 2.75) is 26.0 Å². The first-order valence-electron chi connectivity index (χ1n) is 10.1. The van der Waals surface area contributed by atoms with Crippen molar-refractivity contribution in [2.24, 2.45) is 0 Å². The van der Waals surface area contributed by atoms with Crippen molar-refractivity contribution in [1.82, 2.24) is 20.3 Å². The van der Waals surface area contributed by atoms with Crippen LogP contribution in [0.25, 0.3) is 11.1 Å². The molecule has 1 atom stereocenters. The maximum absolute atomic E-state index is 14.7. The van der Waals surface area contributed by atoms with Crippen molar-refractivity contribution >= 4 is 22.7 Å². The molecule has 4 aromatic rings. The maximum Gasteiger partial charge on any atom is 0.227 e. The number of aliphatic hydroxyl groups is 1. The predicted octanol–water partition coefficient (Wildman–Crippen LogP) is 3.81. The van der Waals surface area contributed by atoms with E-state index in [4.69, 9.17) is 9.15 Å². The molecule has 4 rings (SSSR count). The summed E-state index contributed by atoms with van der Waals surface area (Å²) in [4.78, 5) is 13.0. The minimum atomic E-state index is -0.906. The molecule has 0 bridgehead atoms. The molecular formula is C23H24FN5O3. The number of rotatable bonds is 8. The molecule has 1 unspecified atom stereocenters. The van der Waals surface area contributed by atoms with Crippen LogP contribution in [0.4, 0.5) is 16.0 Å². The van der Waals surface area contributed by atoms with E-state index in [1.165, 1.54) is 13.2 Å². The second-order valence-electron chi connectivity index (χ2n) is 7.34. The number of methoxy groups -OCH3 is 1. The first-order valence-corrected chi connectivity index (χ1v) is 10.1. The van der Waals surface area contributed by atoms with E-state index in [1.54, 1.807) is 32.4 Å². The Morgan fingerprint density at radius 2 is 1.94 bits per heavy atom. The van der Waals surface area contributed by atoms with Gasteiger partial charge >= 0.3 is 0 Å². The van der Waals surface area contributed by atoms with Gasteiger partial charge in [-0.25, -0.2) is 19.3 Å². The average molecular weight is 437 g/mol. The van der Waals surface area contributed by atoms with E-state index in [-0.39, 0.29) is 5.75 Å². The molecule has 8 nitrogen and oxygen atoms in total. The van der Waals surface area contributed by atoms with Crippen LogP contribution < -0.4 is 15.4 Å². The van der Waals surface area contributed by atoms with Gasteiger partial charge in [-0.2, -0.15) is 0 Å². The number of hydrogen-bond acceptors (Lipinski definition) is 8. The van der Waals surface area contributed by atoms with Gasteiger partial charge in [0.2, 0.25) is 5.95 Å². The Balaban J connectivity index is 1.44. The zero-order valence-corrected chi connectivity index (χ0v) is 18.0. The van der Waals surface area contributed by atoms with Crippen molar-refractivity contribution in [3.8, 4) is 5.75 Å². The Morgan fingerprint density at radius 3 is 2.66 bits per heavy atom. The van der Waals surface area contributed by atoms with Crippen molar-refractivity contribution in [3.63, 3.8) is 0 Å². The van der Waals surface area contributed by atoms with E-state index in [0.717, 1.165) is 16.8 Å². The van der Waals surface area contributed by atoms with Gasteiger partial charge in [-0.3, -0.25) is 5.32 Å². The highest BCUT2D eigenvalue weighted by Crippen LogP contribution is 2.27. The fraction of sp³-hybridized carbons (Fsp3) is 0.261. The molecule has 0 saturated carbocycles. The average Bonchev–Trinajstić information content (AvgIpc) is 3.18. The number of benzene rings is 2. The summed E-state index contributed by atoms with van der Waals surface area (Å²) >= 11 is 0. The Kier molecular flexibility index (Phi) is 6.29. The van der Waals surface area contributed by atoms with Gasteiger partial charge in [0.25, 0.3) is 0 Å². The monoisotopic (exact) mass is 437 g/mol. The molecule has 0 aliphatic carbocycles. The summed E-state index contributed by atoms with van der Waals surface area (Å²) in [5.74, 6) is 0.715. The quantitative estimate of drug-likeness (QED) is 0.358. The molecule has 0 spiro atoms. The summed E-state index contributed by atoms with van der Waals surface area (Å²) in [5.41, 5.74) is 4.11. The molecule has 0 radical (unpaired) electrons. The lowest BCUT2D eigenvalue weighted by Gasteiger charge is -2.15. The molecule has 32 heavy (non-hydrogen) atoms. The Bertz CT molecular complexity index is 1230. The van der Waals surface area contributed by atoms with Crippen molar-refractivity contribution in [2.75, 3.05) is 19.5 Å². The number of anilines is 2. The van der Waals surface area contributed by atoms with E-state index in [9.17, 15) is 9.50 Å². The van der Waals surface area contributed by atoms with E-state index < -0.39 is 12.0 Å². The first kappa shape index (κ1) is 21.7. The van der Waals surface area contributed by atoms with Gasteiger partial charge in [0, 0.05) is 31.1 Å². The number of halogens is 1. The molecule has 0 amide bonds. The topological polar surface area (TPSA) is 105 Å². The lowest BCUT2D eigenvalue weighted by molar-refractivity contribution is 0.148. The number of oxazole rings is 1. The molecule has 9 heteroatoms. The molecule has 0 aliphatic heterocycles. The van der Waals surface area contributed by atoms with Crippen LogP contribution in [0.3, 0.4) is 0 Å². The maximum atomic E-state index is 14.7. The van der Waals surface area contributed by atoms with Crippen molar-refractivity contribution in [3.05, 3.63) is 71.1 Å². The summed E-state index contributed by atoms with van der Waals surface area (Å²) < 4.78 is 25.3. The molecule has 0 fully saturated rings. The highest BCUT2D eigenvalue weighted by Gasteiger charge is 2.15. The number of nitrogens with zero attached hydrogens (tertiary/aromatic N) is 3. The minimum Gasteiger partial charge on any atom is -0.494 e. The Morgan fingerprint density at radius 1 is 1.16 bits per heavy atom. The number of aromatic nitrogens is 3. The summed E-state index contributed by atoms with van der Waals surface area (Å²) in [6, 6.07) is 8.71. The second kappa shape index (κ2) is 9.29. The lowest BCUT2D eigenvalue weighted by atomic mass is 10.0. The summed E-state index contributed by atoms with van der Waals surface area (Å²) in [6.45, 7) is 1.80. The first-order chi connectivity index (χ1) is 15.5. The number of hydrogen-bond donors (Lipinski definition) is 3. The van der Waals surface area contributed by atoms with Crippen LogP contribution in [0, 0.1) is 12.7 Å². The second-order valence-corrected chi connectivity index (χ2v) is 7.34. The molecule has 3 N–H and O–H groups in total. The molecule has 2 heterocycles. The van der Waals surface area contributed by atoms with E-state index in [1.807, 2.05) is 18.2 Å². The number of nitrogens with one attached hydrogen (secondary N) is 2. The molecule has 0 aliphatic rings. The zero-order chi connectivity index (χ0) is 22.7. The fourth-order valence-electron chi connectivity index (χ4n) is 3.41. The van der Waals surface area contributed by atoms with Gasteiger partial charge in [-0.1, -0.05) is 0 Å². The van der Waals surface area contributed by atoms with Gasteiger partial charge in [0.1, 0.15) is 11.7 Å². The lowest BCUT2D eigenvalue weighted by Crippen LogP contribution is -2.16. The fourth-order valence-corrected chi connectivity index (χ4v) is 3.41.